The normalized spacial score (nSPS) is 13.2. The Kier molecular flexibility index (Phi) is 6.92. The zero-order valence-corrected chi connectivity index (χ0v) is 18.7. The van der Waals surface area contributed by atoms with Crippen molar-refractivity contribution in [3.63, 3.8) is 0 Å². The predicted octanol–water partition coefficient (Wildman–Crippen LogP) is 3.48. The fourth-order valence-electron chi connectivity index (χ4n) is 4.13. The molecule has 1 aliphatic heterocycles. The summed E-state index contributed by atoms with van der Waals surface area (Å²) in [6.07, 6.45) is 1.92. The van der Waals surface area contributed by atoms with Crippen LogP contribution in [0.2, 0.25) is 0 Å². The number of hydrogen-bond acceptors (Lipinski definition) is 4. The van der Waals surface area contributed by atoms with Crippen molar-refractivity contribution in [1.29, 1.82) is 0 Å². The average Bonchev–Trinajstić information content (AvgIpc) is 3.45. The van der Waals surface area contributed by atoms with Gasteiger partial charge in [-0.3, -0.25) is 19.6 Å². The summed E-state index contributed by atoms with van der Waals surface area (Å²) in [5, 5.41) is 2.63. The van der Waals surface area contributed by atoms with Gasteiger partial charge in [0, 0.05) is 33.0 Å². The van der Waals surface area contributed by atoms with Crippen molar-refractivity contribution in [2.24, 2.45) is 7.05 Å². The lowest BCUT2D eigenvalue weighted by molar-refractivity contribution is -0.130. The van der Waals surface area contributed by atoms with Gasteiger partial charge in [0.2, 0.25) is 5.91 Å². The molecular formula is C25H28N4O4. The molecule has 4 rings (SSSR count). The standard InChI is InChI=1S/C25H28N4O4/c1-27-21(14-15-22(30)28-16-8-9-17-28)23(24(31)29(27)20-12-6-3-7-13-20)26-25(32)33-18-19-10-4-2-5-11-19/h2-7,10-13H,8-9,14-18H2,1H3,(H,26,32). The van der Waals surface area contributed by atoms with Crippen molar-refractivity contribution < 1.29 is 14.3 Å². The van der Waals surface area contributed by atoms with E-state index in [2.05, 4.69) is 5.32 Å². The second-order valence-corrected chi connectivity index (χ2v) is 8.07. The molecule has 8 nitrogen and oxygen atoms in total. The quantitative estimate of drug-likeness (QED) is 0.600. The van der Waals surface area contributed by atoms with Crippen LogP contribution in [0, 0.1) is 0 Å². The first kappa shape index (κ1) is 22.4. The van der Waals surface area contributed by atoms with E-state index in [0.29, 0.717) is 17.8 Å². The third-order valence-electron chi connectivity index (χ3n) is 5.86. The van der Waals surface area contributed by atoms with E-state index in [1.807, 2.05) is 65.6 Å². The zero-order chi connectivity index (χ0) is 23.2. The smallest absolute Gasteiger partial charge is 0.412 e. The van der Waals surface area contributed by atoms with E-state index in [0.717, 1.165) is 31.5 Å². The highest BCUT2D eigenvalue weighted by Crippen LogP contribution is 2.19. The summed E-state index contributed by atoms with van der Waals surface area (Å²) < 4.78 is 8.51. The van der Waals surface area contributed by atoms with Gasteiger partial charge < -0.3 is 9.64 Å². The number of carbonyl (C=O) groups excluding carboxylic acids is 2. The first-order valence-corrected chi connectivity index (χ1v) is 11.2. The molecule has 1 aromatic heterocycles. The lowest BCUT2D eigenvalue weighted by atomic mass is 10.2. The average molecular weight is 449 g/mol. The lowest BCUT2D eigenvalue weighted by Crippen LogP contribution is -2.28. The van der Waals surface area contributed by atoms with Crippen LogP contribution in [-0.2, 0) is 29.6 Å². The third-order valence-corrected chi connectivity index (χ3v) is 5.86. The Balaban J connectivity index is 1.57. The Bertz CT molecular complexity index is 1160. The van der Waals surface area contributed by atoms with Crippen LogP contribution in [-0.4, -0.2) is 39.4 Å². The number of hydrogen-bond donors (Lipinski definition) is 1. The molecule has 1 fully saturated rings. The van der Waals surface area contributed by atoms with Gasteiger partial charge in [0.05, 0.1) is 11.4 Å². The van der Waals surface area contributed by atoms with Gasteiger partial charge in [-0.05, 0) is 30.5 Å². The number of ether oxygens (including phenoxy) is 1. The van der Waals surface area contributed by atoms with Crippen LogP contribution < -0.4 is 10.9 Å². The molecule has 0 radical (unpaired) electrons. The van der Waals surface area contributed by atoms with Gasteiger partial charge in [-0.1, -0.05) is 48.5 Å². The molecule has 0 bridgehead atoms. The molecule has 172 valence electrons. The molecule has 1 aliphatic rings. The number of likely N-dealkylation sites (tertiary alicyclic amines) is 1. The Labute approximate surface area is 192 Å². The summed E-state index contributed by atoms with van der Waals surface area (Å²) in [6.45, 7) is 1.65. The molecule has 8 heteroatoms. The summed E-state index contributed by atoms with van der Waals surface area (Å²) in [6, 6.07) is 18.5. The van der Waals surface area contributed by atoms with E-state index in [-0.39, 0.29) is 30.2 Å². The molecule has 3 aromatic rings. The van der Waals surface area contributed by atoms with E-state index in [4.69, 9.17) is 4.74 Å². The second-order valence-electron chi connectivity index (χ2n) is 8.07. The Morgan fingerprint density at radius 3 is 2.27 bits per heavy atom. The molecule has 33 heavy (non-hydrogen) atoms. The van der Waals surface area contributed by atoms with Crippen molar-refractivity contribution in [3.05, 3.63) is 82.3 Å². The van der Waals surface area contributed by atoms with Gasteiger partial charge in [-0.25, -0.2) is 9.48 Å². The summed E-state index contributed by atoms with van der Waals surface area (Å²) in [5.74, 6) is 0.0602. The van der Waals surface area contributed by atoms with Crippen LogP contribution in [0.15, 0.2) is 65.5 Å². The number of aromatic nitrogens is 2. The topological polar surface area (TPSA) is 85.6 Å². The number of amides is 2. The van der Waals surface area contributed by atoms with Crippen molar-refractivity contribution >= 4 is 17.7 Å². The first-order chi connectivity index (χ1) is 16.0. The summed E-state index contributed by atoms with van der Waals surface area (Å²) in [4.78, 5) is 40.3. The van der Waals surface area contributed by atoms with E-state index >= 15 is 0 Å². The monoisotopic (exact) mass is 448 g/mol. The molecule has 2 amide bonds. The molecule has 0 aliphatic carbocycles. The highest BCUT2D eigenvalue weighted by Gasteiger charge is 2.24. The number of rotatable bonds is 7. The Hall–Kier alpha value is -3.81. The number of nitrogens with one attached hydrogen (secondary N) is 1. The van der Waals surface area contributed by atoms with E-state index in [9.17, 15) is 14.4 Å². The van der Waals surface area contributed by atoms with Gasteiger partial charge in [0.1, 0.15) is 12.3 Å². The Morgan fingerprint density at radius 1 is 0.970 bits per heavy atom. The molecule has 1 saturated heterocycles. The minimum absolute atomic E-state index is 0.0602. The summed E-state index contributed by atoms with van der Waals surface area (Å²) in [5.41, 5.74) is 1.85. The fraction of sp³-hybridized carbons (Fsp3) is 0.320. The number of carbonyl (C=O) groups is 2. The number of benzene rings is 2. The highest BCUT2D eigenvalue weighted by atomic mass is 16.5. The molecule has 1 N–H and O–H groups in total. The molecule has 0 spiro atoms. The largest absolute Gasteiger partial charge is 0.444 e. The van der Waals surface area contributed by atoms with Gasteiger partial charge in [0.15, 0.2) is 0 Å². The Morgan fingerprint density at radius 2 is 1.61 bits per heavy atom. The minimum atomic E-state index is -0.714. The van der Waals surface area contributed by atoms with Crippen LogP contribution >= 0.6 is 0 Å². The van der Waals surface area contributed by atoms with Crippen molar-refractivity contribution in [1.82, 2.24) is 14.3 Å². The second kappa shape index (κ2) is 10.2. The molecular weight excluding hydrogens is 420 g/mol. The van der Waals surface area contributed by atoms with Crippen molar-refractivity contribution in [3.8, 4) is 5.69 Å². The number of nitrogens with zero attached hydrogens (tertiary/aromatic N) is 3. The van der Waals surface area contributed by atoms with Crippen LogP contribution in [0.3, 0.4) is 0 Å². The van der Waals surface area contributed by atoms with Crippen LogP contribution in [0.25, 0.3) is 5.69 Å². The molecule has 0 saturated carbocycles. The molecule has 2 aromatic carbocycles. The molecule has 2 heterocycles. The predicted molar refractivity (Wildman–Crippen MR) is 125 cm³/mol. The summed E-state index contributed by atoms with van der Waals surface area (Å²) in [7, 11) is 1.75. The minimum Gasteiger partial charge on any atom is -0.444 e. The van der Waals surface area contributed by atoms with E-state index in [1.54, 1.807) is 11.7 Å². The number of anilines is 1. The van der Waals surface area contributed by atoms with E-state index < -0.39 is 6.09 Å². The lowest BCUT2D eigenvalue weighted by Gasteiger charge is -2.16. The van der Waals surface area contributed by atoms with Crippen LogP contribution in [0.1, 0.15) is 30.5 Å². The van der Waals surface area contributed by atoms with Gasteiger partial charge >= 0.3 is 6.09 Å². The summed E-state index contributed by atoms with van der Waals surface area (Å²) >= 11 is 0. The maximum Gasteiger partial charge on any atom is 0.412 e. The fourth-order valence-corrected chi connectivity index (χ4v) is 4.13. The van der Waals surface area contributed by atoms with Crippen molar-refractivity contribution in [2.75, 3.05) is 18.4 Å². The van der Waals surface area contributed by atoms with Gasteiger partial charge in [-0.2, -0.15) is 0 Å². The third kappa shape index (κ3) is 5.16. The van der Waals surface area contributed by atoms with E-state index in [1.165, 1.54) is 4.68 Å². The number of para-hydroxylation sites is 1. The van der Waals surface area contributed by atoms with Crippen LogP contribution in [0.4, 0.5) is 10.5 Å². The van der Waals surface area contributed by atoms with Crippen LogP contribution in [0.5, 0.6) is 0 Å². The SMILES string of the molecule is Cn1c(CCC(=O)N2CCCC2)c(NC(=O)OCc2ccccc2)c(=O)n1-c1ccccc1. The molecule has 0 atom stereocenters. The molecule has 0 unspecified atom stereocenters. The first-order valence-electron chi connectivity index (χ1n) is 11.2. The maximum atomic E-state index is 13.3. The van der Waals surface area contributed by atoms with Crippen molar-refractivity contribution in [2.45, 2.75) is 32.3 Å². The zero-order valence-electron chi connectivity index (χ0n) is 18.7. The van der Waals surface area contributed by atoms with Gasteiger partial charge in [-0.15, -0.1) is 0 Å². The highest BCUT2D eigenvalue weighted by molar-refractivity contribution is 5.85. The maximum absolute atomic E-state index is 13.3. The van der Waals surface area contributed by atoms with Gasteiger partial charge in [0.25, 0.3) is 5.56 Å².